The lowest BCUT2D eigenvalue weighted by atomic mass is 10.3. The summed E-state index contributed by atoms with van der Waals surface area (Å²) in [5.74, 6) is 1.39. The molecule has 2 aromatic carbocycles. The summed E-state index contributed by atoms with van der Waals surface area (Å²) >= 11 is 12.4. The molecule has 4 rings (SSSR count). The lowest BCUT2D eigenvalue weighted by Gasteiger charge is -2.15. The molecule has 2 heterocycles. The SMILES string of the molecule is COc1ccc(Cl)c(Oc2c(Cl)nc(C)nc2NS(=O)(=O)c2ccc3c(c2)OCO3)c1. The molecule has 0 bridgehead atoms. The zero-order valence-electron chi connectivity index (χ0n) is 16.2. The van der Waals surface area contributed by atoms with Gasteiger partial charge in [0, 0.05) is 12.1 Å². The molecule has 31 heavy (non-hydrogen) atoms. The fraction of sp³-hybridized carbons (Fsp3) is 0.158. The standard InChI is InChI=1S/C19H15Cl2N3O6S/c1-10-22-18(21)17(30-15-7-11(27-2)3-5-13(15)20)19(23-10)24-31(25,26)12-4-6-14-16(8-12)29-9-28-14/h3-8H,9H2,1-2H3,(H,22,23,24). The Bertz CT molecular complexity index is 1270. The molecule has 0 radical (unpaired) electrons. The first-order valence-corrected chi connectivity index (χ1v) is 11.0. The Balaban J connectivity index is 1.72. The predicted molar refractivity (Wildman–Crippen MR) is 113 cm³/mol. The number of hydrogen-bond acceptors (Lipinski definition) is 8. The Labute approximate surface area is 187 Å². The zero-order valence-corrected chi connectivity index (χ0v) is 18.5. The summed E-state index contributed by atoms with van der Waals surface area (Å²) in [5.41, 5.74) is 0. The van der Waals surface area contributed by atoms with E-state index in [1.165, 1.54) is 31.4 Å². The Morgan fingerprint density at radius 2 is 1.84 bits per heavy atom. The van der Waals surface area contributed by atoms with Crippen molar-refractivity contribution in [3.63, 3.8) is 0 Å². The van der Waals surface area contributed by atoms with E-state index in [1.54, 1.807) is 19.1 Å². The summed E-state index contributed by atoms with van der Waals surface area (Å²) in [6.45, 7) is 1.58. The monoisotopic (exact) mass is 483 g/mol. The molecule has 1 aliphatic heterocycles. The molecule has 1 N–H and O–H groups in total. The average molecular weight is 484 g/mol. The largest absolute Gasteiger partial charge is 0.497 e. The van der Waals surface area contributed by atoms with Crippen molar-refractivity contribution in [3.05, 3.63) is 52.4 Å². The Morgan fingerprint density at radius 1 is 1.06 bits per heavy atom. The van der Waals surface area contributed by atoms with Gasteiger partial charge in [0.2, 0.25) is 12.5 Å². The van der Waals surface area contributed by atoms with Crippen molar-refractivity contribution in [2.75, 3.05) is 18.6 Å². The van der Waals surface area contributed by atoms with Crippen LogP contribution in [0, 0.1) is 6.92 Å². The molecule has 0 amide bonds. The maximum absolute atomic E-state index is 13.0. The van der Waals surface area contributed by atoms with Crippen LogP contribution >= 0.6 is 23.2 Å². The highest BCUT2D eigenvalue weighted by molar-refractivity contribution is 7.92. The fourth-order valence-corrected chi connectivity index (χ4v) is 4.14. The second-order valence-electron chi connectivity index (χ2n) is 6.26. The summed E-state index contributed by atoms with van der Waals surface area (Å²) in [5, 5.41) is 0.150. The van der Waals surface area contributed by atoms with Gasteiger partial charge in [-0.25, -0.2) is 18.4 Å². The summed E-state index contributed by atoms with van der Waals surface area (Å²) in [4.78, 5) is 8.12. The molecule has 0 atom stereocenters. The van der Waals surface area contributed by atoms with Gasteiger partial charge in [-0.1, -0.05) is 23.2 Å². The van der Waals surface area contributed by atoms with Gasteiger partial charge < -0.3 is 18.9 Å². The summed E-state index contributed by atoms with van der Waals surface area (Å²) < 4.78 is 49.8. The first kappa shape index (κ1) is 21.3. The number of hydrogen-bond donors (Lipinski definition) is 1. The minimum absolute atomic E-state index is 0.0201. The normalized spacial score (nSPS) is 12.5. The van der Waals surface area contributed by atoms with Crippen molar-refractivity contribution in [1.29, 1.82) is 0 Å². The topological polar surface area (TPSA) is 109 Å². The first-order chi connectivity index (χ1) is 14.8. The van der Waals surface area contributed by atoms with Gasteiger partial charge in [0.1, 0.15) is 17.3 Å². The van der Waals surface area contributed by atoms with E-state index in [4.69, 9.17) is 42.1 Å². The van der Waals surface area contributed by atoms with E-state index in [0.29, 0.717) is 17.2 Å². The minimum atomic E-state index is -4.08. The molecule has 9 nitrogen and oxygen atoms in total. The van der Waals surface area contributed by atoms with E-state index in [2.05, 4.69) is 14.7 Å². The smallest absolute Gasteiger partial charge is 0.263 e. The van der Waals surface area contributed by atoms with E-state index >= 15 is 0 Å². The van der Waals surface area contributed by atoms with Crippen LogP contribution in [-0.4, -0.2) is 32.3 Å². The molecule has 0 aliphatic carbocycles. The number of halogens is 2. The van der Waals surface area contributed by atoms with Crippen molar-refractivity contribution in [2.45, 2.75) is 11.8 Å². The molecule has 0 saturated heterocycles. The van der Waals surface area contributed by atoms with E-state index in [-0.39, 0.29) is 45.0 Å². The van der Waals surface area contributed by atoms with Crippen molar-refractivity contribution < 1.29 is 27.4 Å². The number of rotatable bonds is 6. The minimum Gasteiger partial charge on any atom is -0.497 e. The molecule has 12 heteroatoms. The Kier molecular flexibility index (Phi) is 5.69. The third kappa shape index (κ3) is 4.41. The number of anilines is 1. The first-order valence-electron chi connectivity index (χ1n) is 8.75. The Hall–Kier alpha value is -2.95. The maximum atomic E-state index is 13.0. The number of benzene rings is 2. The number of sulfonamides is 1. The molecule has 0 saturated carbocycles. The quantitative estimate of drug-likeness (QED) is 0.513. The zero-order chi connectivity index (χ0) is 22.2. The second kappa shape index (κ2) is 8.29. The van der Waals surface area contributed by atoms with Crippen molar-refractivity contribution in [2.24, 2.45) is 0 Å². The van der Waals surface area contributed by atoms with Crippen molar-refractivity contribution in [3.8, 4) is 28.7 Å². The van der Waals surface area contributed by atoms with Gasteiger partial charge in [0.15, 0.2) is 22.5 Å². The third-order valence-electron chi connectivity index (χ3n) is 4.17. The molecule has 0 unspecified atom stereocenters. The van der Waals surface area contributed by atoms with Crippen LogP contribution in [0.5, 0.6) is 28.7 Å². The van der Waals surface area contributed by atoms with Crippen LogP contribution in [0.15, 0.2) is 41.3 Å². The molecular formula is C19H15Cl2N3O6S. The number of nitrogens with zero attached hydrogens (tertiary/aromatic N) is 2. The number of fused-ring (bicyclic) bond motifs is 1. The van der Waals surface area contributed by atoms with E-state index in [0.717, 1.165) is 0 Å². The molecular weight excluding hydrogens is 469 g/mol. The Morgan fingerprint density at radius 3 is 2.61 bits per heavy atom. The summed E-state index contributed by atoms with van der Waals surface area (Å²) in [6, 6.07) is 8.96. The van der Waals surface area contributed by atoms with Crippen LogP contribution in [0.4, 0.5) is 5.82 Å². The molecule has 3 aromatic rings. The lowest BCUT2D eigenvalue weighted by molar-refractivity contribution is 0.174. The highest BCUT2D eigenvalue weighted by Gasteiger charge is 2.24. The van der Waals surface area contributed by atoms with Crippen LogP contribution < -0.4 is 23.7 Å². The predicted octanol–water partition coefficient (Wildman–Crippen LogP) is 4.42. The highest BCUT2D eigenvalue weighted by atomic mass is 35.5. The van der Waals surface area contributed by atoms with Gasteiger partial charge in [-0.3, -0.25) is 4.72 Å². The number of aryl methyl sites for hydroxylation is 1. The van der Waals surface area contributed by atoms with Gasteiger partial charge >= 0.3 is 0 Å². The number of aromatic nitrogens is 2. The molecule has 1 aliphatic rings. The van der Waals surface area contributed by atoms with Gasteiger partial charge in [-0.2, -0.15) is 0 Å². The molecule has 1 aromatic heterocycles. The highest BCUT2D eigenvalue weighted by Crippen LogP contribution is 2.40. The van der Waals surface area contributed by atoms with Gasteiger partial charge in [0.05, 0.1) is 17.0 Å². The summed E-state index contributed by atoms with van der Waals surface area (Å²) in [6.07, 6.45) is 0. The van der Waals surface area contributed by atoms with Crippen molar-refractivity contribution >= 4 is 39.0 Å². The van der Waals surface area contributed by atoms with Crippen LogP contribution in [0.2, 0.25) is 10.2 Å². The van der Waals surface area contributed by atoms with E-state index < -0.39 is 10.0 Å². The van der Waals surface area contributed by atoms with Crippen LogP contribution in [0.1, 0.15) is 5.82 Å². The lowest BCUT2D eigenvalue weighted by Crippen LogP contribution is -2.15. The number of methoxy groups -OCH3 is 1. The second-order valence-corrected chi connectivity index (χ2v) is 8.71. The van der Waals surface area contributed by atoms with Crippen LogP contribution in [0.3, 0.4) is 0 Å². The third-order valence-corrected chi connectivity index (χ3v) is 6.08. The van der Waals surface area contributed by atoms with Gasteiger partial charge in [0.25, 0.3) is 10.0 Å². The van der Waals surface area contributed by atoms with E-state index in [9.17, 15) is 8.42 Å². The molecule has 0 fully saturated rings. The molecule has 162 valence electrons. The van der Waals surface area contributed by atoms with Crippen molar-refractivity contribution in [1.82, 2.24) is 9.97 Å². The van der Waals surface area contributed by atoms with Crippen LogP contribution in [-0.2, 0) is 10.0 Å². The van der Waals surface area contributed by atoms with Gasteiger partial charge in [-0.15, -0.1) is 0 Å². The average Bonchev–Trinajstić information content (AvgIpc) is 3.19. The number of nitrogens with one attached hydrogen (secondary N) is 1. The number of ether oxygens (including phenoxy) is 4. The fourth-order valence-electron chi connectivity index (χ4n) is 2.72. The van der Waals surface area contributed by atoms with Crippen LogP contribution in [0.25, 0.3) is 0 Å². The van der Waals surface area contributed by atoms with E-state index in [1.807, 2.05) is 0 Å². The molecule has 0 spiro atoms. The maximum Gasteiger partial charge on any atom is 0.263 e. The summed E-state index contributed by atoms with van der Waals surface area (Å²) in [7, 11) is -2.59. The van der Waals surface area contributed by atoms with Gasteiger partial charge in [-0.05, 0) is 31.2 Å².